The molecule has 0 saturated carbocycles. The predicted octanol–water partition coefficient (Wildman–Crippen LogP) is 1.95. The molecular weight excluding hydrogens is 221 g/mol. The first kappa shape index (κ1) is 11.3. The van der Waals surface area contributed by atoms with Crippen LogP contribution in [-0.4, -0.2) is 9.97 Å². The van der Waals surface area contributed by atoms with Gasteiger partial charge in [0.2, 0.25) is 0 Å². The van der Waals surface area contributed by atoms with Crippen LogP contribution in [-0.2, 0) is 0 Å². The zero-order valence-electron chi connectivity index (χ0n) is 9.24. The second kappa shape index (κ2) is 4.75. The maximum atomic E-state index is 13.0. The molecule has 0 saturated heterocycles. The van der Waals surface area contributed by atoms with Gasteiger partial charge in [0.05, 0.1) is 0 Å². The van der Waals surface area contributed by atoms with E-state index in [2.05, 4.69) is 20.7 Å². The van der Waals surface area contributed by atoms with E-state index < -0.39 is 0 Å². The molecule has 4 N–H and O–H groups in total. The first-order valence-corrected chi connectivity index (χ1v) is 5.01. The Kier molecular flexibility index (Phi) is 3.15. The number of hydrazine groups is 1. The summed E-state index contributed by atoms with van der Waals surface area (Å²) in [6.45, 7) is 1.82. The van der Waals surface area contributed by atoms with Gasteiger partial charge in [-0.1, -0.05) is 6.07 Å². The van der Waals surface area contributed by atoms with Crippen molar-refractivity contribution in [1.29, 1.82) is 0 Å². The summed E-state index contributed by atoms with van der Waals surface area (Å²) in [5, 5.41) is 3.00. The van der Waals surface area contributed by atoms with Gasteiger partial charge in [-0.2, -0.15) is 0 Å². The fourth-order valence-corrected chi connectivity index (χ4v) is 1.42. The van der Waals surface area contributed by atoms with Gasteiger partial charge >= 0.3 is 0 Å². The highest BCUT2D eigenvalue weighted by Gasteiger charge is 2.06. The lowest BCUT2D eigenvalue weighted by Crippen LogP contribution is -2.11. The van der Waals surface area contributed by atoms with Crippen LogP contribution in [0.1, 0.15) is 5.56 Å². The highest BCUT2D eigenvalue weighted by molar-refractivity contribution is 5.63. The predicted molar refractivity (Wildman–Crippen MR) is 64.3 cm³/mol. The van der Waals surface area contributed by atoms with Gasteiger partial charge in [0.25, 0.3) is 0 Å². The lowest BCUT2D eigenvalue weighted by molar-refractivity contribution is 0.628. The fraction of sp³-hybridized carbons (Fsp3) is 0.0909. The number of hydrogen-bond acceptors (Lipinski definition) is 5. The van der Waals surface area contributed by atoms with E-state index in [1.165, 1.54) is 18.5 Å². The maximum Gasteiger partial charge on any atom is 0.148 e. The van der Waals surface area contributed by atoms with Crippen LogP contribution in [0.25, 0.3) is 0 Å². The van der Waals surface area contributed by atoms with E-state index >= 15 is 0 Å². The van der Waals surface area contributed by atoms with Crippen molar-refractivity contribution in [2.75, 3.05) is 10.7 Å². The Morgan fingerprint density at radius 1 is 1.24 bits per heavy atom. The summed E-state index contributed by atoms with van der Waals surface area (Å²) in [6, 6.07) is 6.14. The van der Waals surface area contributed by atoms with Crippen LogP contribution in [0.5, 0.6) is 0 Å². The molecule has 5 nitrogen and oxygen atoms in total. The quantitative estimate of drug-likeness (QED) is 0.558. The van der Waals surface area contributed by atoms with Gasteiger partial charge < -0.3 is 10.7 Å². The zero-order valence-corrected chi connectivity index (χ0v) is 9.24. The molecule has 1 heterocycles. The number of anilines is 3. The molecule has 0 spiro atoms. The molecule has 1 aromatic carbocycles. The molecule has 2 aromatic rings. The molecular formula is C11H12FN5. The lowest BCUT2D eigenvalue weighted by atomic mass is 10.2. The highest BCUT2D eigenvalue weighted by atomic mass is 19.1. The third kappa shape index (κ3) is 2.48. The smallest absolute Gasteiger partial charge is 0.148 e. The molecule has 0 fully saturated rings. The Bertz CT molecular complexity index is 529. The minimum absolute atomic E-state index is 0.307. The normalized spacial score (nSPS) is 10.1. The third-order valence-electron chi connectivity index (χ3n) is 2.31. The summed E-state index contributed by atoms with van der Waals surface area (Å²) in [6.07, 6.45) is 1.38. The first-order valence-electron chi connectivity index (χ1n) is 5.01. The van der Waals surface area contributed by atoms with Crippen molar-refractivity contribution in [3.8, 4) is 0 Å². The molecule has 0 aliphatic carbocycles. The fourth-order valence-electron chi connectivity index (χ4n) is 1.42. The molecule has 1 aromatic heterocycles. The summed E-state index contributed by atoms with van der Waals surface area (Å²) in [7, 11) is 0. The monoisotopic (exact) mass is 233 g/mol. The van der Waals surface area contributed by atoms with Crippen molar-refractivity contribution >= 4 is 17.3 Å². The SMILES string of the molecule is Cc1c(NN)ncnc1Nc1cccc(F)c1. The summed E-state index contributed by atoms with van der Waals surface area (Å²) in [5.41, 5.74) is 3.85. The Hall–Kier alpha value is -2.21. The van der Waals surface area contributed by atoms with Gasteiger partial charge in [-0.3, -0.25) is 0 Å². The number of rotatable bonds is 3. The summed E-state index contributed by atoms with van der Waals surface area (Å²) in [5.74, 6) is 6.11. The highest BCUT2D eigenvalue weighted by Crippen LogP contribution is 2.21. The van der Waals surface area contributed by atoms with E-state index in [9.17, 15) is 4.39 Å². The number of nitrogen functional groups attached to an aromatic ring is 1. The summed E-state index contributed by atoms with van der Waals surface area (Å²) in [4.78, 5) is 8.03. The van der Waals surface area contributed by atoms with Crippen molar-refractivity contribution in [3.05, 3.63) is 42.0 Å². The largest absolute Gasteiger partial charge is 0.340 e. The number of nitrogens with two attached hydrogens (primary N) is 1. The average molecular weight is 233 g/mol. The molecule has 0 bridgehead atoms. The van der Waals surface area contributed by atoms with Crippen molar-refractivity contribution in [2.45, 2.75) is 6.92 Å². The standard InChI is InChI=1S/C11H12FN5/c1-7-10(14-6-15-11(7)17-13)16-9-4-2-3-8(12)5-9/h2-6H,13H2,1H3,(H2,14,15,16,17). The van der Waals surface area contributed by atoms with E-state index in [4.69, 9.17) is 5.84 Å². The van der Waals surface area contributed by atoms with Crippen molar-refractivity contribution < 1.29 is 4.39 Å². The van der Waals surface area contributed by atoms with E-state index in [1.54, 1.807) is 12.1 Å². The number of nitrogens with one attached hydrogen (secondary N) is 2. The number of aromatic nitrogens is 2. The minimum atomic E-state index is -0.307. The first-order chi connectivity index (χ1) is 8.20. The van der Waals surface area contributed by atoms with E-state index in [1.807, 2.05) is 6.92 Å². The molecule has 0 radical (unpaired) electrons. The van der Waals surface area contributed by atoms with Gasteiger partial charge in [0, 0.05) is 11.3 Å². The van der Waals surface area contributed by atoms with E-state index in [-0.39, 0.29) is 5.82 Å². The summed E-state index contributed by atoms with van der Waals surface area (Å²) >= 11 is 0. The molecule has 88 valence electrons. The molecule has 0 aliphatic heterocycles. The Morgan fingerprint density at radius 3 is 2.71 bits per heavy atom. The van der Waals surface area contributed by atoms with Crippen LogP contribution >= 0.6 is 0 Å². The number of halogens is 1. The van der Waals surface area contributed by atoms with Crippen LogP contribution in [0.4, 0.5) is 21.7 Å². The topological polar surface area (TPSA) is 75.9 Å². The van der Waals surface area contributed by atoms with Crippen LogP contribution in [0.2, 0.25) is 0 Å². The van der Waals surface area contributed by atoms with Crippen molar-refractivity contribution in [3.63, 3.8) is 0 Å². The Balaban J connectivity index is 2.30. The van der Waals surface area contributed by atoms with E-state index in [0.717, 1.165) is 5.56 Å². The number of hydrogen-bond donors (Lipinski definition) is 3. The van der Waals surface area contributed by atoms with Gasteiger partial charge in [-0.05, 0) is 25.1 Å². The molecule has 0 unspecified atom stereocenters. The molecule has 2 rings (SSSR count). The van der Waals surface area contributed by atoms with E-state index in [0.29, 0.717) is 17.3 Å². The van der Waals surface area contributed by atoms with Gasteiger partial charge in [0.1, 0.15) is 23.8 Å². The molecule has 0 aliphatic rings. The Labute approximate surface area is 97.9 Å². The van der Waals surface area contributed by atoms with Crippen LogP contribution in [0.15, 0.2) is 30.6 Å². The lowest BCUT2D eigenvalue weighted by Gasteiger charge is -2.10. The number of nitrogens with zero attached hydrogens (tertiary/aromatic N) is 2. The molecule has 6 heteroatoms. The summed E-state index contributed by atoms with van der Waals surface area (Å²) < 4.78 is 13.0. The minimum Gasteiger partial charge on any atom is -0.340 e. The average Bonchev–Trinajstić information content (AvgIpc) is 2.32. The molecule has 0 amide bonds. The van der Waals surface area contributed by atoms with Gasteiger partial charge in [-0.15, -0.1) is 0 Å². The number of benzene rings is 1. The van der Waals surface area contributed by atoms with Crippen molar-refractivity contribution in [2.24, 2.45) is 5.84 Å². The second-order valence-electron chi connectivity index (χ2n) is 3.48. The molecule has 17 heavy (non-hydrogen) atoms. The molecule has 0 atom stereocenters. The second-order valence-corrected chi connectivity index (χ2v) is 3.48. The van der Waals surface area contributed by atoms with Gasteiger partial charge in [-0.25, -0.2) is 20.2 Å². The maximum absolute atomic E-state index is 13.0. The van der Waals surface area contributed by atoms with Crippen LogP contribution in [0.3, 0.4) is 0 Å². The van der Waals surface area contributed by atoms with Crippen molar-refractivity contribution in [1.82, 2.24) is 9.97 Å². The van der Waals surface area contributed by atoms with Crippen LogP contribution in [0, 0.1) is 12.7 Å². The Morgan fingerprint density at radius 2 is 2.00 bits per heavy atom. The van der Waals surface area contributed by atoms with Crippen LogP contribution < -0.4 is 16.6 Å². The van der Waals surface area contributed by atoms with Gasteiger partial charge in [0.15, 0.2) is 0 Å². The third-order valence-corrected chi connectivity index (χ3v) is 2.31. The zero-order chi connectivity index (χ0) is 12.3.